The second-order valence-corrected chi connectivity index (χ2v) is 12.6. The summed E-state index contributed by atoms with van der Waals surface area (Å²) in [5.74, 6) is -3.49. The van der Waals surface area contributed by atoms with Crippen molar-refractivity contribution in [1.82, 2.24) is 4.57 Å². The highest BCUT2D eigenvalue weighted by Crippen LogP contribution is 2.54. The Hall–Kier alpha value is -4.82. The minimum atomic E-state index is -0.913. The van der Waals surface area contributed by atoms with Gasteiger partial charge in [0.05, 0.1) is 21.6 Å². The molecule has 3 aromatic carbocycles. The van der Waals surface area contributed by atoms with E-state index >= 15 is 0 Å². The van der Waals surface area contributed by atoms with Crippen LogP contribution < -0.4 is 20.0 Å². The number of rotatable bonds is 7. The zero-order valence-electron chi connectivity index (χ0n) is 23.3. The van der Waals surface area contributed by atoms with E-state index in [0.717, 1.165) is 39.2 Å². The molecule has 0 aliphatic carbocycles. The molecule has 3 heterocycles. The number of nitrogens with zero attached hydrogens (tertiary/aromatic N) is 4. The monoisotopic (exact) mass is 633 g/mol. The van der Waals surface area contributed by atoms with Gasteiger partial charge in [0.15, 0.2) is 0 Å². The average molecular weight is 634 g/mol. The molecule has 2 aliphatic heterocycles. The molecule has 1 N–H and O–H groups in total. The van der Waals surface area contributed by atoms with Crippen molar-refractivity contribution in [3.63, 3.8) is 0 Å². The van der Waals surface area contributed by atoms with Crippen LogP contribution in [0.25, 0.3) is 0 Å². The highest BCUT2D eigenvalue weighted by Gasteiger charge is 2.56. The fourth-order valence-corrected chi connectivity index (χ4v) is 8.22. The number of halogens is 1. The summed E-state index contributed by atoms with van der Waals surface area (Å²) >= 11 is 1.99. The third-order valence-corrected chi connectivity index (χ3v) is 10.2. The van der Waals surface area contributed by atoms with Crippen LogP contribution in [0.2, 0.25) is 0 Å². The lowest BCUT2D eigenvalue weighted by molar-refractivity contribution is -0.384. The van der Waals surface area contributed by atoms with E-state index in [0.29, 0.717) is 15.6 Å². The van der Waals surface area contributed by atoms with E-state index in [-0.39, 0.29) is 17.9 Å². The standard InChI is InChI=1S/C30H24FN5O6S2/c1-33(2)19-9-3-16(4-10-19)23-24-25(28(39)35(27(24)38)20-11-13-21(14-12-20)36(41)42)43-29-26(23)44-30(40)34(29)15-22(37)32-18-7-5-17(31)6-8-18/h3-14,23-25H,15H2,1-2H3,(H,32,37)/t23-,24?,25?/m1/s1. The van der Waals surface area contributed by atoms with Gasteiger partial charge in [0.2, 0.25) is 17.7 Å². The molecule has 44 heavy (non-hydrogen) atoms. The first kappa shape index (κ1) is 29.3. The molecule has 0 spiro atoms. The molecule has 0 saturated carbocycles. The van der Waals surface area contributed by atoms with Gasteiger partial charge >= 0.3 is 4.87 Å². The summed E-state index contributed by atoms with van der Waals surface area (Å²) in [5, 5.41) is 13.3. The first-order valence-electron chi connectivity index (χ1n) is 13.4. The van der Waals surface area contributed by atoms with Crippen LogP contribution in [-0.4, -0.2) is 46.6 Å². The Morgan fingerprint density at radius 2 is 1.64 bits per heavy atom. The van der Waals surface area contributed by atoms with Crippen LogP contribution in [0.3, 0.4) is 0 Å². The molecular weight excluding hydrogens is 609 g/mol. The average Bonchev–Trinajstić information content (AvgIpc) is 3.44. The summed E-state index contributed by atoms with van der Waals surface area (Å²) in [6.07, 6.45) is 0. The number of aromatic nitrogens is 1. The second-order valence-electron chi connectivity index (χ2n) is 10.5. The van der Waals surface area contributed by atoms with Crippen molar-refractivity contribution in [3.8, 4) is 0 Å². The van der Waals surface area contributed by atoms with E-state index in [1.807, 2.05) is 43.3 Å². The minimum absolute atomic E-state index is 0.177. The topological polar surface area (TPSA) is 135 Å². The number of fused-ring (bicyclic) bond motifs is 2. The number of carbonyl (C=O) groups excluding carboxylic acids is 3. The van der Waals surface area contributed by atoms with Crippen LogP contribution in [0.1, 0.15) is 16.4 Å². The summed E-state index contributed by atoms with van der Waals surface area (Å²) in [7, 11) is 3.79. The number of imide groups is 1. The molecule has 0 radical (unpaired) electrons. The first-order chi connectivity index (χ1) is 21.0. The lowest BCUT2D eigenvalue weighted by Crippen LogP contribution is -2.33. The fourth-order valence-electron chi connectivity index (χ4n) is 5.45. The maximum absolute atomic E-state index is 14.0. The molecule has 1 saturated heterocycles. The molecule has 3 atom stereocenters. The van der Waals surface area contributed by atoms with Gasteiger partial charge in [-0.05, 0) is 54.1 Å². The molecule has 2 unspecified atom stereocenters. The fraction of sp³-hybridized carbons (Fsp3) is 0.200. The van der Waals surface area contributed by atoms with E-state index in [9.17, 15) is 33.7 Å². The van der Waals surface area contributed by atoms with Crippen LogP contribution in [0.5, 0.6) is 0 Å². The quantitative estimate of drug-likeness (QED) is 0.179. The Labute approximate surface area is 258 Å². The minimum Gasteiger partial charge on any atom is -0.378 e. The number of anilines is 3. The van der Waals surface area contributed by atoms with Crippen molar-refractivity contribution in [3.05, 3.63) is 109 Å². The zero-order valence-corrected chi connectivity index (χ0v) is 24.9. The van der Waals surface area contributed by atoms with Gasteiger partial charge in [-0.15, -0.1) is 0 Å². The number of thiazole rings is 1. The van der Waals surface area contributed by atoms with Crippen LogP contribution >= 0.6 is 23.1 Å². The maximum Gasteiger partial charge on any atom is 0.308 e. The molecule has 3 amide bonds. The van der Waals surface area contributed by atoms with Gasteiger partial charge in [-0.2, -0.15) is 0 Å². The summed E-state index contributed by atoms with van der Waals surface area (Å²) < 4.78 is 14.6. The molecule has 6 rings (SSSR count). The Bertz CT molecular complexity index is 1850. The van der Waals surface area contributed by atoms with Crippen LogP contribution in [0.4, 0.5) is 27.1 Å². The Morgan fingerprint density at radius 3 is 2.25 bits per heavy atom. The molecular formula is C30H24FN5O6S2. The zero-order chi connectivity index (χ0) is 31.3. The predicted octanol–water partition coefficient (Wildman–Crippen LogP) is 4.46. The van der Waals surface area contributed by atoms with E-state index < -0.39 is 50.4 Å². The molecule has 224 valence electrons. The normalized spacial score (nSPS) is 19.0. The largest absolute Gasteiger partial charge is 0.378 e. The lowest BCUT2D eigenvalue weighted by atomic mass is 9.83. The van der Waals surface area contributed by atoms with Gasteiger partial charge in [0, 0.05) is 48.4 Å². The number of amides is 3. The number of hydrogen-bond acceptors (Lipinski definition) is 9. The van der Waals surface area contributed by atoms with Crippen LogP contribution in [-0.2, 0) is 20.9 Å². The van der Waals surface area contributed by atoms with Crippen molar-refractivity contribution < 1.29 is 23.7 Å². The van der Waals surface area contributed by atoms with Crippen molar-refractivity contribution in [1.29, 1.82) is 0 Å². The molecule has 1 fully saturated rings. The molecule has 11 nitrogen and oxygen atoms in total. The summed E-state index contributed by atoms with van der Waals surface area (Å²) in [6, 6.07) is 17.9. The Morgan fingerprint density at radius 1 is 0.977 bits per heavy atom. The molecule has 2 aliphatic rings. The summed E-state index contributed by atoms with van der Waals surface area (Å²) in [4.78, 5) is 67.9. The highest BCUT2D eigenvalue weighted by molar-refractivity contribution is 8.00. The van der Waals surface area contributed by atoms with Gasteiger partial charge in [-0.3, -0.25) is 33.9 Å². The Kier molecular flexibility index (Phi) is 7.55. The van der Waals surface area contributed by atoms with Crippen LogP contribution in [0, 0.1) is 21.8 Å². The molecule has 14 heteroatoms. The van der Waals surface area contributed by atoms with Crippen molar-refractivity contribution in [2.24, 2.45) is 5.92 Å². The molecule has 4 aromatic rings. The van der Waals surface area contributed by atoms with E-state index in [1.54, 1.807) is 0 Å². The smallest absolute Gasteiger partial charge is 0.308 e. The predicted molar refractivity (Wildman–Crippen MR) is 165 cm³/mol. The number of benzene rings is 3. The number of nitrogens with one attached hydrogen (secondary N) is 1. The van der Waals surface area contributed by atoms with E-state index in [4.69, 9.17) is 0 Å². The maximum atomic E-state index is 14.0. The third-order valence-electron chi connectivity index (χ3n) is 7.57. The second kappa shape index (κ2) is 11.4. The molecule has 1 aromatic heterocycles. The highest BCUT2D eigenvalue weighted by atomic mass is 32.2. The number of nitro benzene ring substituents is 1. The van der Waals surface area contributed by atoms with Gasteiger partial charge in [0.25, 0.3) is 5.69 Å². The van der Waals surface area contributed by atoms with Crippen LogP contribution in [0.15, 0.2) is 82.6 Å². The number of nitro groups is 1. The first-order valence-corrected chi connectivity index (χ1v) is 15.1. The Balaban J connectivity index is 1.40. The van der Waals surface area contributed by atoms with Gasteiger partial charge in [-0.25, -0.2) is 9.29 Å². The summed E-state index contributed by atoms with van der Waals surface area (Å²) in [5.41, 5.74) is 2.03. The summed E-state index contributed by atoms with van der Waals surface area (Å²) in [6.45, 7) is -0.354. The lowest BCUT2D eigenvalue weighted by Gasteiger charge is -2.31. The number of thioether (sulfide) groups is 1. The van der Waals surface area contributed by atoms with E-state index in [2.05, 4.69) is 5.32 Å². The SMILES string of the molecule is CN(C)c1ccc([C@H]2c3sc(=O)n(CC(=O)Nc4ccc(F)cc4)c3SC3C(=O)N(c4ccc([N+](=O)[O-])cc4)C(=O)C32)cc1. The van der Waals surface area contributed by atoms with Gasteiger partial charge < -0.3 is 10.2 Å². The van der Waals surface area contributed by atoms with Crippen molar-refractivity contribution >= 4 is 63.6 Å². The number of non-ortho nitro benzene ring substituents is 1. The van der Waals surface area contributed by atoms with E-state index in [1.165, 1.54) is 53.1 Å². The van der Waals surface area contributed by atoms with Crippen molar-refractivity contribution in [2.75, 3.05) is 29.2 Å². The van der Waals surface area contributed by atoms with Crippen molar-refractivity contribution in [2.45, 2.75) is 22.7 Å². The molecule has 0 bridgehead atoms. The van der Waals surface area contributed by atoms with Gasteiger partial charge in [-0.1, -0.05) is 35.2 Å². The van der Waals surface area contributed by atoms with Gasteiger partial charge in [0.1, 0.15) is 17.6 Å². The third kappa shape index (κ3) is 5.15. The number of carbonyl (C=O) groups is 3. The number of hydrogen-bond donors (Lipinski definition) is 1.